The molecular formula is C17H19F2N. The number of benzene rings is 1. The van der Waals surface area contributed by atoms with E-state index in [9.17, 15) is 8.78 Å². The van der Waals surface area contributed by atoms with Gasteiger partial charge < -0.3 is 4.90 Å². The molecule has 1 aromatic carbocycles. The summed E-state index contributed by atoms with van der Waals surface area (Å²) in [4.78, 5) is 2.06. The van der Waals surface area contributed by atoms with E-state index >= 15 is 0 Å². The number of rotatable bonds is 3. The summed E-state index contributed by atoms with van der Waals surface area (Å²) in [5, 5.41) is 0. The highest BCUT2D eigenvalue weighted by Crippen LogP contribution is 2.32. The zero-order valence-electron chi connectivity index (χ0n) is 12.0. The lowest BCUT2D eigenvalue weighted by Gasteiger charge is -2.27. The van der Waals surface area contributed by atoms with Gasteiger partial charge in [0.2, 0.25) is 0 Å². The molecule has 0 aromatic heterocycles. The molecule has 1 aromatic rings. The summed E-state index contributed by atoms with van der Waals surface area (Å²) in [7, 11) is 4.01. The molecule has 0 radical (unpaired) electrons. The second-order valence-corrected chi connectivity index (χ2v) is 5.60. The highest BCUT2D eigenvalue weighted by Gasteiger charge is 2.19. The van der Waals surface area contributed by atoms with Gasteiger partial charge in [-0.25, -0.2) is 8.78 Å². The molecular weight excluding hydrogens is 256 g/mol. The van der Waals surface area contributed by atoms with Crippen molar-refractivity contribution >= 4 is 6.08 Å². The molecule has 1 aliphatic carbocycles. The lowest BCUT2D eigenvalue weighted by Crippen LogP contribution is -2.17. The molecule has 0 N–H and O–H groups in total. The molecule has 1 atom stereocenters. The Hall–Kier alpha value is -1.90. The number of hydrogen-bond acceptors (Lipinski definition) is 1. The molecule has 0 saturated heterocycles. The maximum Gasteiger partial charge on any atom is 0.126 e. The van der Waals surface area contributed by atoms with Crippen molar-refractivity contribution in [2.24, 2.45) is 5.41 Å². The summed E-state index contributed by atoms with van der Waals surface area (Å²) in [6.07, 6.45) is 11.0. The second-order valence-electron chi connectivity index (χ2n) is 5.60. The van der Waals surface area contributed by atoms with Crippen LogP contribution >= 0.6 is 0 Å². The first-order valence-corrected chi connectivity index (χ1v) is 6.60. The fourth-order valence-electron chi connectivity index (χ4n) is 2.15. The summed E-state index contributed by atoms with van der Waals surface area (Å²) in [5.74, 6) is -1.10. The van der Waals surface area contributed by atoms with Gasteiger partial charge in [-0.15, -0.1) is 0 Å². The van der Waals surface area contributed by atoms with E-state index in [1.54, 1.807) is 6.08 Å². The van der Waals surface area contributed by atoms with E-state index in [0.29, 0.717) is 5.56 Å². The number of nitrogens with zero attached hydrogens (tertiary/aromatic N) is 1. The highest BCUT2D eigenvalue weighted by molar-refractivity contribution is 5.51. The first kappa shape index (κ1) is 14.5. The molecule has 1 nitrogen and oxygen atoms in total. The normalized spacial score (nSPS) is 22.1. The van der Waals surface area contributed by atoms with Crippen LogP contribution in [0.5, 0.6) is 0 Å². The molecule has 106 valence electrons. The van der Waals surface area contributed by atoms with Crippen LogP contribution < -0.4 is 0 Å². The van der Waals surface area contributed by atoms with Crippen molar-refractivity contribution in [1.29, 1.82) is 0 Å². The molecule has 0 saturated carbocycles. The van der Waals surface area contributed by atoms with E-state index in [0.717, 1.165) is 12.5 Å². The molecule has 1 unspecified atom stereocenters. The van der Waals surface area contributed by atoms with Gasteiger partial charge in [-0.05, 0) is 30.2 Å². The van der Waals surface area contributed by atoms with Gasteiger partial charge in [-0.3, -0.25) is 0 Å². The number of hydrogen-bond donors (Lipinski definition) is 0. The third-order valence-corrected chi connectivity index (χ3v) is 3.44. The zero-order valence-corrected chi connectivity index (χ0v) is 12.0. The minimum absolute atomic E-state index is 0.123. The smallest absolute Gasteiger partial charge is 0.126 e. The van der Waals surface area contributed by atoms with E-state index in [-0.39, 0.29) is 5.41 Å². The van der Waals surface area contributed by atoms with Gasteiger partial charge in [0, 0.05) is 31.3 Å². The Morgan fingerprint density at radius 1 is 1.15 bits per heavy atom. The van der Waals surface area contributed by atoms with Crippen LogP contribution in [0.4, 0.5) is 8.78 Å². The van der Waals surface area contributed by atoms with Gasteiger partial charge in [0.1, 0.15) is 11.6 Å². The Bertz CT molecular complexity index is 564. The van der Waals surface area contributed by atoms with E-state index in [2.05, 4.69) is 30.1 Å². The maximum atomic E-state index is 13.1. The van der Waals surface area contributed by atoms with Crippen LogP contribution in [-0.2, 0) is 0 Å². The van der Waals surface area contributed by atoms with Crippen LogP contribution in [0.1, 0.15) is 18.9 Å². The minimum atomic E-state index is -0.552. The molecule has 0 heterocycles. The predicted molar refractivity (Wildman–Crippen MR) is 79.0 cm³/mol. The monoisotopic (exact) mass is 275 g/mol. The molecule has 3 heteroatoms. The predicted octanol–water partition coefficient (Wildman–Crippen LogP) is 4.39. The summed E-state index contributed by atoms with van der Waals surface area (Å²) < 4.78 is 26.3. The average Bonchev–Trinajstić information content (AvgIpc) is 2.36. The third kappa shape index (κ3) is 3.56. The van der Waals surface area contributed by atoms with Gasteiger partial charge in [-0.2, -0.15) is 0 Å². The summed E-state index contributed by atoms with van der Waals surface area (Å²) in [5.41, 5.74) is 1.59. The van der Waals surface area contributed by atoms with Gasteiger partial charge >= 0.3 is 0 Å². The van der Waals surface area contributed by atoms with Crippen LogP contribution in [0.25, 0.3) is 6.08 Å². The second kappa shape index (κ2) is 5.61. The highest BCUT2D eigenvalue weighted by atomic mass is 19.1. The van der Waals surface area contributed by atoms with Gasteiger partial charge in [0.15, 0.2) is 0 Å². The topological polar surface area (TPSA) is 3.24 Å². The molecule has 2 rings (SSSR count). The van der Waals surface area contributed by atoms with Crippen molar-refractivity contribution in [3.05, 3.63) is 65.4 Å². The Balaban J connectivity index is 2.14. The Morgan fingerprint density at radius 3 is 2.30 bits per heavy atom. The van der Waals surface area contributed by atoms with Crippen LogP contribution in [0.3, 0.4) is 0 Å². The van der Waals surface area contributed by atoms with E-state index in [1.807, 2.05) is 20.2 Å². The van der Waals surface area contributed by atoms with E-state index < -0.39 is 11.6 Å². The maximum absolute atomic E-state index is 13.1. The summed E-state index contributed by atoms with van der Waals surface area (Å²) in [6.45, 7) is 2.10. The fraction of sp³-hybridized carbons (Fsp3) is 0.294. The molecule has 0 aliphatic heterocycles. The minimum Gasteiger partial charge on any atom is -0.378 e. The van der Waals surface area contributed by atoms with Gasteiger partial charge in [0.25, 0.3) is 0 Å². The SMILES string of the molecule is CN(C)C1=CCC(C)(C=Cc2cc(F)cc(F)c2)C=C1. The van der Waals surface area contributed by atoms with Crippen molar-refractivity contribution in [1.82, 2.24) is 4.90 Å². The molecule has 0 bridgehead atoms. The van der Waals surface area contributed by atoms with Gasteiger partial charge in [-0.1, -0.05) is 31.2 Å². The molecule has 0 fully saturated rings. The third-order valence-electron chi connectivity index (χ3n) is 3.44. The van der Waals surface area contributed by atoms with Crippen molar-refractivity contribution in [3.63, 3.8) is 0 Å². The van der Waals surface area contributed by atoms with Gasteiger partial charge in [0.05, 0.1) is 0 Å². The van der Waals surface area contributed by atoms with Crippen molar-refractivity contribution in [2.45, 2.75) is 13.3 Å². The quantitative estimate of drug-likeness (QED) is 0.790. The van der Waals surface area contributed by atoms with Crippen molar-refractivity contribution in [2.75, 3.05) is 14.1 Å². The molecule has 0 amide bonds. The van der Waals surface area contributed by atoms with Crippen LogP contribution in [0.2, 0.25) is 0 Å². The Kier molecular flexibility index (Phi) is 4.07. The standard InChI is InChI=1S/C17H19F2N/c1-17(8-5-16(6-9-17)20(2)3)7-4-13-10-14(18)12-15(19)11-13/h4-8,10-12H,9H2,1-3H3. The Morgan fingerprint density at radius 2 is 1.80 bits per heavy atom. The number of likely N-dealkylation sites (N-methyl/N-ethyl adjacent to an activating group) is 1. The van der Waals surface area contributed by atoms with Crippen molar-refractivity contribution < 1.29 is 8.78 Å². The van der Waals surface area contributed by atoms with Crippen molar-refractivity contribution in [3.8, 4) is 0 Å². The van der Waals surface area contributed by atoms with Crippen LogP contribution in [0, 0.1) is 17.0 Å². The van der Waals surface area contributed by atoms with E-state index in [1.165, 1.54) is 17.8 Å². The first-order valence-electron chi connectivity index (χ1n) is 6.60. The zero-order chi connectivity index (χ0) is 14.8. The largest absolute Gasteiger partial charge is 0.378 e. The molecule has 1 aliphatic rings. The van der Waals surface area contributed by atoms with E-state index in [4.69, 9.17) is 0 Å². The number of allylic oxidation sites excluding steroid dienone is 4. The molecule has 0 spiro atoms. The first-order chi connectivity index (χ1) is 9.38. The Labute approximate surface area is 118 Å². The lowest BCUT2D eigenvalue weighted by atomic mass is 9.82. The fourth-order valence-corrected chi connectivity index (χ4v) is 2.15. The summed E-state index contributed by atoms with van der Waals surface area (Å²) in [6, 6.07) is 3.54. The van der Waals surface area contributed by atoms with Crippen LogP contribution in [-0.4, -0.2) is 19.0 Å². The average molecular weight is 275 g/mol. The molecule has 20 heavy (non-hydrogen) atoms. The summed E-state index contributed by atoms with van der Waals surface area (Å²) >= 11 is 0. The number of halogens is 2. The van der Waals surface area contributed by atoms with Crippen LogP contribution in [0.15, 0.2) is 48.2 Å². The lowest BCUT2D eigenvalue weighted by molar-refractivity contribution is 0.492.